The van der Waals surface area contributed by atoms with Gasteiger partial charge in [0, 0.05) is 38.3 Å². The summed E-state index contributed by atoms with van der Waals surface area (Å²) in [6, 6.07) is 1.63. The molecule has 2 rings (SSSR count). The van der Waals surface area contributed by atoms with Crippen LogP contribution in [0.25, 0.3) is 0 Å². The number of nitrogens with zero attached hydrogens (tertiary/aromatic N) is 1. The van der Waals surface area contributed by atoms with Gasteiger partial charge >= 0.3 is 0 Å². The number of pyridine rings is 1. The maximum atomic E-state index is 12.0. The first-order valence-corrected chi connectivity index (χ1v) is 6.13. The number of carbonyl (C=O) groups excluding carboxylic acids is 1. The maximum absolute atomic E-state index is 12.0. The monoisotopic (exact) mass is 285 g/mol. The van der Waals surface area contributed by atoms with Crippen LogP contribution in [0.3, 0.4) is 0 Å². The second-order valence-corrected chi connectivity index (χ2v) is 4.89. The number of nitrogen functional groups attached to an aromatic ring is 1. The molecule has 0 radical (unpaired) electrons. The van der Waals surface area contributed by atoms with Gasteiger partial charge in [-0.2, -0.15) is 0 Å². The number of aromatic nitrogens is 1. The smallest absolute Gasteiger partial charge is 0.254 e. The highest BCUT2D eigenvalue weighted by atomic mass is 35.5. The Bertz CT molecular complexity index is 436. The van der Waals surface area contributed by atoms with E-state index in [1.165, 1.54) is 6.20 Å². The molecule has 5 nitrogen and oxygen atoms in total. The van der Waals surface area contributed by atoms with Crippen LogP contribution in [0, 0.1) is 5.41 Å². The van der Waals surface area contributed by atoms with Gasteiger partial charge in [-0.1, -0.05) is 0 Å². The maximum Gasteiger partial charge on any atom is 0.254 e. The fourth-order valence-electron chi connectivity index (χ4n) is 1.97. The van der Waals surface area contributed by atoms with E-state index in [0.717, 1.165) is 25.9 Å². The van der Waals surface area contributed by atoms with Gasteiger partial charge in [0.05, 0.1) is 5.56 Å². The van der Waals surface area contributed by atoms with Crippen molar-refractivity contribution in [3.8, 4) is 0 Å². The molecule has 0 unspecified atom stereocenters. The Hall–Kier alpha value is -1.33. The fraction of sp³-hybridized carbons (Fsp3) is 0.538. The summed E-state index contributed by atoms with van der Waals surface area (Å²) < 4.78 is 5.09. The number of hydrogen-bond donors (Lipinski definition) is 2. The number of anilines is 1. The normalized spacial score (nSPS) is 15.4. The molecule has 0 spiro atoms. The van der Waals surface area contributed by atoms with Crippen molar-refractivity contribution in [2.45, 2.75) is 19.3 Å². The lowest BCUT2D eigenvalue weighted by atomic mass is 10.0. The molecule has 1 fully saturated rings. The van der Waals surface area contributed by atoms with Crippen LogP contribution < -0.4 is 11.1 Å². The summed E-state index contributed by atoms with van der Waals surface area (Å²) in [5.74, 6) is -0.149. The summed E-state index contributed by atoms with van der Waals surface area (Å²) in [6.45, 7) is 1.43. The lowest BCUT2D eigenvalue weighted by molar-refractivity contribution is 0.0938. The Balaban J connectivity index is 0.00000180. The topological polar surface area (TPSA) is 77.2 Å². The van der Waals surface area contributed by atoms with Gasteiger partial charge in [0.25, 0.3) is 5.91 Å². The van der Waals surface area contributed by atoms with Crippen LogP contribution in [0.5, 0.6) is 0 Å². The van der Waals surface area contributed by atoms with Gasteiger partial charge in [-0.15, -0.1) is 12.4 Å². The van der Waals surface area contributed by atoms with Gasteiger partial charge in [-0.3, -0.25) is 9.78 Å². The predicted molar refractivity (Wildman–Crippen MR) is 76.4 cm³/mol. The molecule has 3 N–H and O–H groups in total. The minimum atomic E-state index is -0.149. The number of methoxy groups -OCH3 is 1. The first-order chi connectivity index (χ1) is 8.67. The van der Waals surface area contributed by atoms with E-state index in [-0.39, 0.29) is 23.7 Å². The molecule has 1 saturated carbocycles. The van der Waals surface area contributed by atoms with Crippen LogP contribution in [0.4, 0.5) is 5.69 Å². The van der Waals surface area contributed by atoms with Crippen molar-refractivity contribution in [2.24, 2.45) is 5.41 Å². The Morgan fingerprint density at radius 1 is 1.58 bits per heavy atom. The van der Waals surface area contributed by atoms with Crippen LogP contribution in [0.2, 0.25) is 0 Å². The number of halogens is 1. The van der Waals surface area contributed by atoms with Crippen LogP contribution in [-0.2, 0) is 4.74 Å². The number of rotatable bonds is 6. The van der Waals surface area contributed by atoms with E-state index in [1.807, 2.05) is 0 Å². The highest BCUT2D eigenvalue weighted by Crippen LogP contribution is 2.48. The number of nitrogens with two attached hydrogens (primary N) is 1. The molecular formula is C13H20ClN3O2. The van der Waals surface area contributed by atoms with E-state index in [0.29, 0.717) is 17.8 Å². The van der Waals surface area contributed by atoms with E-state index < -0.39 is 0 Å². The van der Waals surface area contributed by atoms with E-state index in [2.05, 4.69) is 10.3 Å². The Morgan fingerprint density at radius 3 is 2.89 bits per heavy atom. The molecule has 0 bridgehead atoms. The highest BCUT2D eigenvalue weighted by molar-refractivity contribution is 5.98. The zero-order valence-electron chi connectivity index (χ0n) is 11.0. The van der Waals surface area contributed by atoms with Crippen LogP contribution >= 0.6 is 12.4 Å². The van der Waals surface area contributed by atoms with Crippen LogP contribution in [-0.4, -0.2) is 31.2 Å². The molecule has 0 atom stereocenters. The summed E-state index contributed by atoms with van der Waals surface area (Å²) in [4.78, 5) is 15.9. The van der Waals surface area contributed by atoms with Crippen molar-refractivity contribution >= 4 is 24.0 Å². The number of nitrogens with one attached hydrogen (secondary N) is 1. The van der Waals surface area contributed by atoms with E-state index >= 15 is 0 Å². The summed E-state index contributed by atoms with van der Waals surface area (Å²) in [6.07, 6.45) is 6.37. The van der Waals surface area contributed by atoms with Crippen LogP contribution in [0.15, 0.2) is 18.5 Å². The molecular weight excluding hydrogens is 266 g/mol. The van der Waals surface area contributed by atoms with E-state index in [1.54, 1.807) is 19.4 Å². The minimum Gasteiger partial charge on any atom is -0.398 e. The zero-order chi connectivity index (χ0) is 13.0. The average molecular weight is 286 g/mol. The summed E-state index contributed by atoms with van der Waals surface area (Å²) >= 11 is 0. The minimum absolute atomic E-state index is 0. The van der Waals surface area contributed by atoms with Crippen molar-refractivity contribution in [3.63, 3.8) is 0 Å². The second-order valence-electron chi connectivity index (χ2n) is 4.89. The highest BCUT2D eigenvalue weighted by Gasteiger charge is 2.42. The van der Waals surface area contributed by atoms with Crippen molar-refractivity contribution < 1.29 is 9.53 Å². The van der Waals surface area contributed by atoms with Gasteiger partial charge in [0.15, 0.2) is 0 Å². The average Bonchev–Trinajstić information content (AvgIpc) is 3.15. The van der Waals surface area contributed by atoms with Crippen molar-refractivity contribution in [2.75, 3.05) is 26.0 Å². The van der Waals surface area contributed by atoms with Crippen molar-refractivity contribution in [3.05, 3.63) is 24.0 Å². The molecule has 0 aliphatic heterocycles. The molecule has 1 amide bonds. The number of carbonyl (C=O) groups is 1. The van der Waals surface area contributed by atoms with Gasteiger partial charge < -0.3 is 15.8 Å². The van der Waals surface area contributed by atoms with Gasteiger partial charge in [0.2, 0.25) is 0 Å². The third-order valence-corrected chi connectivity index (χ3v) is 3.52. The van der Waals surface area contributed by atoms with Crippen molar-refractivity contribution in [1.82, 2.24) is 10.3 Å². The Kier molecular flexibility index (Phi) is 5.57. The SMILES string of the molecule is COCCC1(CNC(=O)c2cnccc2N)CC1.Cl. The Morgan fingerprint density at radius 2 is 2.32 bits per heavy atom. The number of amides is 1. The lowest BCUT2D eigenvalue weighted by Crippen LogP contribution is -2.31. The molecule has 1 aliphatic carbocycles. The zero-order valence-corrected chi connectivity index (χ0v) is 11.8. The fourth-order valence-corrected chi connectivity index (χ4v) is 1.97. The molecule has 19 heavy (non-hydrogen) atoms. The second kappa shape index (κ2) is 6.73. The Labute approximate surface area is 119 Å². The van der Waals surface area contributed by atoms with Gasteiger partial charge in [-0.05, 0) is 30.7 Å². The first-order valence-electron chi connectivity index (χ1n) is 6.13. The molecule has 106 valence electrons. The van der Waals surface area contributed by atoms with E-state index in [9.17, 15) is 4.79 Å². The molecule has 1 aromatic rings. The first kappa shape index (κ1) is 15.7. The summed E-state index contributed by atoms with van der Waals surface area (Å²) in [7, 11) is 1.70. The summed E-state index contributed by atoms with van der Waals surface area (Å²) in [5, 5.41) is 2.94. The molecule has 1 aliphatic rings. The van der Waals surface area contributed by atoms with Crippen molar-refractivity contribution in [1.29, 1.82) is 0 Å². The third-order valence-electron chi connectivity index (χ3n) is 3.52. The predicted octanol–water partition coefficient (Wildman–Crippen LogP) is 1.63. The molecule has 0 aromatic carbocycles. The summed E-state index contributed by atoms with van der Waals surface area (Å²) in [5.41, 5.74) is 6.88. The molecule has 0 saturated heterocycles. The standard InChI is InChI=1S/C13H19N3O2.ClH/c1-18-7-5-13(3-4-13)9-16-12(17)10-8-15-6-2-11(10)14;/h2,6,8H,3-5,7,9H2,1H3,(H2,14,15)(H,16,17);1H. The largest absolute Gasteiger partial charge is 0.398 e. The van der Waals surface area contributed by atoms with Gasteiger partial charge in [0.1, 0.15) is 0 Å². The molecule has 6 heteroatoms. The number of ether oxygens (including phenoxy) is 1. The van der Waals surface area contributed by atoms with Gasteiger partial charge in [-0.25, -0.2) is 0 Å². The van der Waals surface area contributed by atoms with E-state index in [4.69, 9.17) is 10.5 Å². The quantitative estimate of drug-likeness (QED) is 0.833. The molecule has 1 heterocycles. The lowest BCUT2D eigenvalue weighted by Gasteiger charge is -2.15. The number of hydrogen-bond acceptors (Lipinski definition) is 4. The third kappa shape index (κ3) is 4.08. The van der Waals surface area contributed by atoms with Crippen LogP contribution in [0.1, 0.15) is 29.6 Å². The molecule has 1 aromatic heterocycles.